The first kappa shape index (κ1) is 21.7. The zero-order valence-electron chi connectivity index (χ0n) is 18.5. The van der Waals surface area contributed by atoms with Crippen LogP contribution in [0.25, 0.3) is 10.9 Å². The number of hydrogen-bond donors (Lipinski definition) is 2. The third-order valence-electron chi connectivity index (χ3n) is 5.33. The van der Waals surface area contributed by atoms with Gasteiger partial charge in [-0.1, -0.05) is 36.8 Å². The van der Waals surface area contributed by atoms with E-state index in [0.29, 0.717) is 6.42 Å². The number of rotatable bonds is 7. The average molecular weight is 407 g/mol. The lowest BCUT2D eigenvalue weighted by Gasteiger charge is -2.19. The van der Waals surface area contributed by atoms with Crippen molar-refractivity contribution >= 4 is 22.6 Å². The summed E-state index contributed by atoms with van der Waals surface area (Å²) in [5, 5.41) is 4.52. The van der Waals surface area contributed by atoms with E-state index in [4.69, 9.17) is 4.84 Å². The number of aryl methyl sites for hydroxylation is 3. The molecule has 1 amide bonds. The number of carbonyl (C=O) groups is 1. The first-order chi connectivity index (χ1) is 14.3. The molecule has 0 saturated carbocycles. The van der Waals surface area contributed by atoms with Crippen molar-refractivity contribution in [2.45, 2.75) is 53.0 Å². The Morgan fingerprint density at radius 2 is 1.87 bits per heavy atom. The van der Waals surface area contributed by atoms with Crippen molar-refractivity contribution in [3.63, 3.8) is 0 Å². The number of nitrogens with one attached hydrogen (secondary N) is 2. The molecule has 1 unspecified atom stereocenters. The van der Waals surface area contributed by atoms with E-state index in [0.717, 1.165) is 33.7 Å². The number of amides is 1. The second-order valence-electron chi connectivity index (χ2n) is 7.96. The topological polar surface area (TPSA) is 76.1 Å². The van der Waals surface area contributed by atoms with Crippen LogP contribution in [0.15, 0.2) is 36.4 Å². The molecule has 0 bridgehead atoms. The molecule has 3 rings (SSSR count). The predicted molar refractivity (Wildman–Crippen MR) is 120 cm³/mol. The number of nitrogens with zero attached hydrogens (tertiary/aromatic N) is 2. The number of hydroxylamine groups is 1. The fourth-order valence-electron chi connectivity index (χ4n) is 3.83. The second kappa shape index (κ2) is 9.22. The second-order valence-corrected chi connectivity index (χ2v) is 7.96. The first-order valence-electron chi connectivity index (χ1n) is 10.2. The maximum absolute atomic E-state index is 12.0. The van der Waals surface area contributed by atoms with Crippen LogP contribution in [0.4, 0.5) is 5.82 Å². The zero-order chi connectivity index (χ0) is 21.8. The van der Waals surface area contributed by atoms with Gasteiger partial charge in [0.25, 0.3) is 0 Å². The van der Waals surface area contributed by atoms with Gasteiger partial charge in [0, 0.05) is 17.8 Å². The quantitative estimate of drug-likeness (QED) is 0.546. The Bertz CT molecular complexity index is 1060. The normalized spacial score (nSPS) is 13.1. The SMILES string of the molecule is CONC(=O)CC(C)c1cc2c(N[C@H](C)c3cccc(C)c3)nc(C)nc2cc1C. The molecule has 0 radical (unpaired) electrons. The summed E-state index contributed by atoms with van der Waals surface area (Å²) in [4.78, 5) is 26.0. The maximum atomic E-state index is 12.0. The molecule has 6 heteroatoms. The molecule has 3 aromatic rings. The Balaban J connectivity index is 1.98. The zero-order valence-corrected chi connectivity index (χ0v) is 18.5. The minimum atomic E-state index is -0.143. The largest absolute Gasteiger partial charge is 0.363 e. The van der Waals surface area contributed by atoms with Gasteiger partial charge >= 0.3 is 0 Å². The summed E-state index contributed by atoms with van der Waals surface area (Å²) in [6.45, 7) is 10.2. The van der Waals surface area contributed by atoms with E-state index in [2.05, 4.69) is 77.9 Å². The van der Waals surface area contributed by atoms with Gasteiger partial charge in [-0.2, -0.15) is 0 Å². The van der Waals surface area contributed by atoms with E-state index in [1.165, 1.54) is 18.2 Å². The van der Waals surface area contributed by atoms with E-state index in [1.807, 2.05) is 13.8 Å². The van der Waals surface area contributed by atoms with Gasteiger partial charge in [0.15, 0.2) is 0 Å². The summed E-state index contributed by atoms with van der Waals surface area (Å²) in [7, 11) is 1.44. The van der Waals surface area contributed by atoms with Crippen molar-refractivity contribution in [2.24, 2.45) is 0 Å². The lowest BCUT2D eigenvalue weighted by atomic mass is 9.92. The number of carbonyl (C=O) groups excluding carboxylic acids is 1. The van der Waals surface area contributed by atoms with Crippen LogP contribution < -0.4 is 10.8 Å². The van der Waals surface area contributed by atoms with Crippen molar-refractivity contribution in [3.8, 4) is 0 Å². The van der Waals surface area contributed by atoms with Gasteiger partial charge in [-0.05, 0) is 62.4 Å². The lowest BCUT2D eigenvalue weighted by molar-refractivity contribution is -0.131. The molecule has 2 atom stereocenters. The van der Waals surface area contributed by atoms with Gasteiger partial charge in [-0.3, -0.25) is 9.63 Å². The van der Waals surface area contributed by atoms with E-state index in [-0.39, 0.29) is 17.9 Å². The molecule has 2 N–H and O–H groups in total. The summed E-state index contributed by atoms with van der Waals surface area (Å²) in [6, 6.07) is 12.7. The highest BCUT2D eigenvalue weighted by atomic mass is 16.6. The van der Waals surface area contributed by atoms with Gasteiger partial charge in [0.2, 0.25) is 5.91 Å². The molecule has 0 aliphatic rings. The van der Waals surface area contributed by atoms with E-state index in [9.17, 15) is 4.79 Å². The Morgan fingerprint density at radius 3 is 2.57 bits per heavy atom. The number of aromatic nitrogens is 2. The van der Waals surface area contributed by atoms with Crippen molar-refractivity contribution < 1.29 is 9.63 Å². The summed E-state index contributed by atoms with van der Waals surface area (Å²) >= 11 is 0. The van der Waals surface area contributed by atoms with Gasteiger partial charge in [0.05, 0.1) is 12.6 Å². The summed E-state index contributed by atoms with van der Waals surface area (Å²) in [5.74, 6) is 1.42. The maximum Gasteiger partial charge on any atom is 0.244 e. The summed E-state index contributed by atoms with van der Waals surface area (Å²) in [5.41, 5.74) is 7.94. The van der Waals surface area contributed by atoms with E-state index in [1.54, 1.807) is 0 Å². The highest BCUT2D eigenvalue weighted by Gasteiger charge is 2.17. The molecule has 0 aliphatic carbocycles. The van der Waals surface area contributed by atoms with Crippen LogP contribution >= 0.6 is 0 Å². The molecule has 158 valence electrons. The number of fused-ring (bicyclic) bond motifs is 1. The predicted octanol–water partition coefficient (Wildman–Crippen LogP) is 4.90. The highest BCUT2D eigenvalue weighted by Crippen LogP contribution is 2.31. The minimum absolute atomic E-state index is 0.0351. The summed E-state index contributed by atoms with van der Waals surface area (Å²) < 4.78 is 0. The minimum Gasteiger partial charge on any atom is -0.363 e. The van der Waals surface area contributed by atoms with Gasteiger partial charge in [0.1, 0.15) is 11.6 Å². The molecule has 1 aromatic heterocycles. The third-order valence-corrected chi connectivity index (χ3v) is 5.33. The summed E-state index contributed by atoms with van der Waals surface area (Å²) in [6.07, 6.45) is 0.343. The van der Waals surface area contributed by atoms with E-state index < -0.39 is 0 Å². The Labute approximate surface area is 178 Å². The average Bonchev–Trinajstić information content (AvgIpc) is 2.67. The number of benzene rings is 2. The van der Waals surface area contributed by atoms with Crippen LogP contribution in [0.2, 0.25) is 0 Å². The molecule has 6 nitrogen and oxygen atoms in total. The van der Waals surface area contributed by atoms with Crippen molar-refractivity contribution in [1.29, 1.82) is 0 Å². The Kier molecular flexibility index (Phi) is 6.67. The molecule has 0 fully saturated rings. The van der Waals surface area contributed by atoms with Crippen molar-refractivity contribution in [2.75, 3.05) is 12.4 Å². The number of anilines is 1. The molecule has 30 heavy (non-hydrogen) atoms. The van der Waals surface area contributed by atoms with Crippen LogP contribution in [0.3, 0.4) is 0 Å². The molecular weight excluding hydrogens is 376 g/mol. The fraction of sp³-hybridized carbons (Fsp3) is 0.375. The smallest absolute Gasteiger partial charge is 0.244 e. The van der Waals surface area contributed by atoms with Gasteiger partial charge in [-0.15, -0.1) is 0 Å². The third kappa shape index (κ3) is 4.94. The van der Waals surface area contributed by atoms with Crippen LogP contribution in [0.5, 0.6) is 0 Å². The highest BCUT2D eigenvalue weighted by molar-refractivity contribution is 5.90. The van der Waals surface area contributed by atoms with Crippen LogP contribution in [0.1, 0.15) is 60.3 Å². The number of hydrogen-bond acceptors (Lipinski definition) is 5. The van der Waals surface area contributed by atoms with Crippen molar-refractivity contribution in [3.05, 3.63) is 64.5 Å². The van der Waals surface area contributed by atoms with Gasteiger partial charge in [-0.25, -0.2) is 15.4 Å². The van der Waals surface area contributed by atoms with Crippen LogP contribution in [-0.2, 0) is 9.63 Å². The molecular formula is C24H30N4O2. The van der Waals surface area contributed by atoms with Crippen molar-refractivity contribution in [1.82, 2.24) is 15.4 Å². The fourth-order valence-corrected chi connectivity index (χ4v) is 3.83. The first-order valence-corrected chi connectivity index (χ1v) is 10.2. The van der Waals surface area contributed by atoms with Gasteiger partial charge < -0.3 is 5.32 Å². The Morgan fingerprint density at radius 1 is 1.10 bits per heavy atom. The van der Waals surface area contributed by atoms with E-state index >= 15 is 0 Å². The standard InChI is InChI=1S/C24H30N4O2/c1-14-8-7-9-19(10-14)17(4)25-24-21-13-20(16(3)12-23(29)28-30-6)15(2)11-22(21)26-18(5)27-24/h7-11,13,16-17H,12H2,1-6H3,(H,28,29)(H,25,26,27)/t16?,17-/m1/s1. The molecule has 2 aromatic carbocycles. The van der Waals surface area contributed by atoms with Crippen LogP contribution in [-0.4, -0.2) is 23.0 Å². The molecule has 0 aliphatic heterocycles. The molecule has 0 spiro atoms. The van der Waals surface area contributed by atoms with Crippen LogP contribution in [0, 0.1) is 20.8 Å². The molecule has 1 heterocycles. The lowest BCUT2D eigenvalue weighted by Crippen LogP contribution is -2.23. The monoisotopic (exact) mass is 406 g/mol. The molecule has 0 saturated heterocycles. The Hall–Kier alpha value is -2.99.